The fourth-order valence-electron chi connectivity index (χ4n) is 2.08. The molecule has 0 bridgehead atoms. The first-order valence-corrected chi connectivity index (χ1v) is 7.69. The Morgan fingerprint density at radius 3 is 2.85 bits per heavy atom. The van der Waals surface area contributed by atoms with E-state index in [4.69, 9.17) is 16.0 Å². The molecular weight excluding hydrogens is 345 g/mol. The van der Waals surface area contributed by atoms with Crippen LogP contribution in [0.1, 0.15) is 30.5 Å². The fraction of sp³-hybridized carbons (Fsp3) is 0.333. The minimum atomic E-state index is -0.239. The van der Waals surface area contributed by atoms with Crippen LogP contribution in [0.15, 0.2) is 39.6 Å². The standard InChI is InChI=1S/C15H16BrClFNO/c1-2-6-19-14(12-5-7-20-15(12)16)9-10-8-11(17)3-4-13(10)18/h3-5,7-8,14,19H,2,6,9H2,1H3. The Labute approximate surface area is 131 Å². The fourth-order valence-corrected chi connectivity index (χ4v) is 2.80. The Hall–Kier alpha value is -0.840. The largest absolute Gasteiger partial charge is 0.457 e. The van der Waals surface area contributed by atoms with Gasteiger partial charge in [0.1, 0.15) is 5.82 Å². The number of hydrogen-bond acceptors (Lipinski definition) is 2. The summed E-state index contributed by atoms with van der Waals surface area (Å²) in [5.74, 6) is -0.239. The first kappa shape index (κ1) is 15.5. The number of halogens is 3. The first-order valence-electron chi connectivity index (χ1n) is 6.52. The van der Waals surface area contributed by atoms with E-state index in [1.807, 2.05) is 6.07 Å². The lowest BCUT2D eigenvalue weighted by Gasteiger charge is -2.18. The van der Waals surface area contributed by atoms with Gasteiger partial charge in [-0.3, -0.25) is 0 Å². The molecule has 1 heterocycles. The molecule has 108 valence electrons. The average molecular weight is 361 g/mol. The van der Waals surface area contributed by atoms with Gasteiger partial charge in [-0.1, -0.05) is 18.5 Å². The monoisotopic (exact) mass is 359 g/mol. The van der Waals surface area contributed by atoms with E-state index in [-0.39, 0.29) is 11.9 Å². The predicted octanol–water partition coefficient (Wildman–Crippen LogP) is 5.12. The maximum atomic E-state index is 13.9. The molecular formula is C15H16BrClFNO. The zero-order valence-corrected chi connectivity index (χ0v) is 13.5. The Kier molecular flexibility index (Phi) is 5.64. The molecule has 1 aromatic heterocycles. The first-order chi connectivity index (χ1) is 9.61. The smallest absolute Gasteiger partial charge is 0.173 e. The Bertz CT molecular complexity index is 573. The average Bonchev–Trinajstić information content (AvgIpc) is 2.84. The van der Waals surface area contributed by atoms with Gasteiger partial charge in [-0.25, -0.2) is 4.39 Å². The van der Waals surface area contributed by atoms with E-state index in [1.54, 1.807) is 18.4 Å². The van der Waals surface area contributed by atoms with Crippen molar-refractivity contribution in [1.29, 1.82) is 0 Å². The molecule has 0 aliphatic heterocycles. The van der Waals surface area contributed by atoms with Crippen LogP contribution in [0.4, 0.5) is 4.39 Å². The number of rotatable bonds is 6. The van der Waals surface area contributed by atoms with Gasteiger partial charge < -0.3 is 9.73 Å². The van der Waals surface area contributed by atoms with Crippen LogP contribution in [0, 0.1) is 5.82 Å². The van der Waals surface area contributed by atoms with Crippen LogP contribution in [0.3, 0.4) is 0 Å². The SMILES string of the molecule is CCCNC(Cc1cc(Cl)ccc1F)c1ccoc1Br. The summed E-state index contributed by atoms with van der Waals surface area (Å²) < 4.78 is 19.8. The van der Waals surface area contributed by atoms with Gasteiger partial charge >= 0.3 is 0 Å². The quantitative estimate of drug-likeness (QED) is 0.773. The highest BCUT2D eigenvalue weighted by Crippen LogP contribution is 2.28. The van der Waals surface area contributed by atoms with E-state index in [0.29, 0.717) is 21.7 Å². The molecule has 5 heteroatoms. The second-order valence-corrected chi connectivity index (χ2v) is 5.75. The second-order valence-electron chi connectivity index (χ2n) is 4.60. The molecule has 2 aromatic rings. The van der Waals surface area contributed by atoms with Crippen molar-refractivity contribution in [2.75, 3.05) is 6.54 Å². The highest BCUT2D eigenvalue weighted by molar-refractivity contribution is 9.10. The summed E-state index contributed by atoms with van der Waals surface area (Å²) in [6.07, 6.45) is 3.14. The molecule has 0 radical (unpaired) electrons. The number of hydrogen-bond donors (Lipinski definition) is 1. The van der Waals surface area contributed by atoms with Crippen LogP contribution < -0.4 is 5.32 Å². The van der Waals surface area contributed by atoms with Crippen LogP contribution in [0.5, 0.6) is 0 Å². The molecule has 1 aromatic carbocycles. The highest BCUT2D eigenvalue weighted by Gasteiger charge is 2.18. The normalized spacial score (nSPS) is 12.6. The van der Waals surface area contributed by atoms with Gasteiger partial charge in [-0.05, 0) is 65.1 Å². The summed E-state index contributed by atoms with van der Waals surface area (Å²) in [4.78, 5) is 0. The molecule has 20 heavy (non-hydrogen) atoms. The van der Waals surface area contributed by atoms with Crippen molar-refractivity contribution in [3.05, 3.63) is 57.2 Å². The third kappa shape index (κ3) is 3.84. The third-order valence-electron chi connectivity index (χ3n) is 3.09. The van der Waals surface area contributed by atoms with Crippen LogP contribution in [-0.2, 0) is 6.42 Å². The Morgan fingerprint density at radius 2 is 2.20 bits per heavy atom. The molecule has 0 spiro atoms. The number of benzene rings is 1. The van der Waals surface area contributed by atoms with E-state index >= 15 is 0 Å². The summed E-state index contributed by atoms with van der Waals surface area (Å²) >= 11 is 9.32. The number of furan rings is 1. The minimum Gasteiger partial charge on any atom is -0.457 e. The molecule has 0 amide bonds. The minimum absolute atomic E-state index is 0.0176. The molecule has 0 aliphatic carbocycles. The van der Waals surface area contributed by atoms with Crippen molar-refractivity contribution in [3.8, 4) is 0 Å². The topological polar surface area (TPSA) is 25.2 Å². The molecule has 1 atom stereocenters. The maximum Gasteiger partial charge on any atom is 0.173 e. The van der Waals surface area contributed by atoms with Gasteiger partial charge in [0, 0.05) is 16.6 Å². The van der Waals surface area contributed by atoms with Crippen molar-refractivity contribution in [1.82, 2.24) is 5.32 Å². The van der Waals surface area contributed by atoms with E-state index in [0.717, 1.165) is 18.5 Å². The van der Waals surface area contributed by atoms with Gasteiger partial charge in [-0.15, -0.1) is 0 Å². The van der Waals surface area contributed by atoms with E-state index in [2.05, 4.69) is 28.2 Å². The Balaban J connectivity index is 2.23. The summed E-state index contributed by atoms with van der Waals surface area (Å²) in [5, 5.41) is 3.95. The van der Waals surface area contributed by atoms with E-state index < -0.39 is 0 Å². The molecule has 1 unspecified atom stereocenters. The van der Waals surface area contributed by atoms with Crippen molar-refractivity contribution < 1.29 is 8.81 Å². The Morgan fingerprint density at radius 1 is 1.40 bits per heavy atom. The zero-order chi connectivity index (χ0) is 14.5. The van der Waals surface area contributed by atoms with Crippen molar-refractivity contribution in [2.45, 2.75) is 25.8 Å². The summed E-state index contributed by atoms with van der Waals surface area (Å²) in [6.45, 7) is 2.94. The van der Waals surface area contributed by atoms with Crippen molar-refractivity contribution in [3.63, 3.8) is 0 Å². The van der Waals surface area contributed by atoms with Crippen LogP contribution in [0.25, 0.3) is 0 Å². The molecule has 0 saturated heterocycles. The molecule has 0 saturated carbocycles. The summed E-state index contributed by atoms with van der Waals surface area (Å²) in [6, 6.07) is 6.50. The summed E-state index contributed by atoms with van der Waals surface area (Å²) in [5.41, 5.74) is 1.58. The lowest BCUT2D eigenvalue weighted by atomic mass is 10.0. The molecule has 0 fully saturated rings. The second kappa shape index (κ2) is 7.25. The van der Waals surface area contributed by atoms with Crippen LogP contribution in [-0.4, -0.2) is 6.54 Å². The molecule has 2 nitrogen and oxygen atoms in total. The molecule has 0 aliphatic rings. The van der Waals surface area contributed by atoms with Gasteiger partial charge in [0.25, 0.3) is 0 Å². The van der Waals surface area contributed by atoms with E-state index in [1.165, 1.54) is 6.07 Å². The third-order valence-corrected chi connectivity index (χ3v) is 3.97. The predicted molar refractivity (Wildman–Crippen MR) is 82.6 cm³/mol. The van der Waals surface area contributed by atoms with Gasteiger partial charge in [0.15, 0.2) is 4.67 Å². The van der Waals surface area contributed by atoms with Crippen molar-refractivity contribution >= 4 is 27.5 Å². The zero-order valence-electron chi connectivity index (χ0n) is 11.1. The van der Waals surface area contributed by atoms with Crippen LogP contribution in [0.2, 0.25) is 5.02 Å². The van der Waals surface area contributed by atoms with Crippen molar-refractivity contribution in [2.24, 2.45) is 0 Å². The van der Waals surface area contributed by atoms with Crippen LogP contribution >= 0.6 is 27.5 Å². The molecule has 2 rings (SSSR count). The van der Waals surface area contributed by atoms with E-state index in [9.17, 15) is 4.39 Å². The lowest BCUT2D eigenvalue weighted by Crippen LogP contribution is -2.24. The molecule has 1 N–H and O–H groups in total. The highest BCUT2D eigenvalue weighted by atomic mass is 79.9. The maximum absolute atomic E-state index is 13.9. The lowest BCUT2D eigenvalue weighted by molar-refractivity contribution is 0.490. The van der Waals surface area contributed by atoms with Gasteiger partial charge in [-0.2, -0.15) is 0 Å². The van der Waals surface area contributed by atoms with Gasteiger partial charge in [0.2, 0.25) is 0 Å². The summed E-state index contributed by atoms with van der Waals surface area (Å²) in [7, 11) is 0. The van der Waals surface area contributed by atoms with Gasteiger partial charge in [0.05, 0.1) is 6.26 Å². The number of nitrogens with one attached hydrogen (secondary N) is 1.